The normalized spacial score (nSPS) is 9.89. The first-order valence-electron chi connectivity index (χ1n) is 4.79. The summed E-state index contributed by atoms with van der Waals surface area (Å²) in [7, 11) is 0. The van der Waals surface area contributed by atoms with Crippen molar-refractivity contribution in [3.05, 3.63) is 0 Å². The summed E-state index contributed by atoms with van der Waals surface area (Å²) in [5.74, 6) is -5.20. The largest absolute Gasteiger partial charge is 0.481 e. The van der Waals surface area contributed by atoms with Crippen molar-refractivity contribution in [1.29, 1.82) is 0 Å². The van der Waals surface area contributed by atoms with Gasteiger partial charge in [-0.2, -0.15) is 0 Å². The van der Waals surface area contributed by atoms with Gasteiger partial charge in [0, 0.05) is 0 Å². The van der Waals surface area contributed by atoms with E-state index in [1.54, 1.807) is 0 Å². The molecule has 0 radical (unpaired) electrons. The van der Waals surface area contributed by atoms with Gasteiger partial charge in [0.15, 0.2) is 0 Å². The molecule has 0 aliphatic rings. The van der Waals surface area contributed by atoms with Gasteiger partial charge < -0.3 is 24.4 Å². The molecule has 0 saturated carbocycles. The maximum atomic E-state index is 11.0. The zero-order valence-electron chi connectivity index (χ0n) is 9.45. The molecule has 0 aliphatic heterocycles. The lowest BCUT2D eigenvalue weighted by molar-refractivity contribution is -0.264. The average Bonchev–Trinajstić information content (AvgIpc) is 2.14. The number of ether oxygens (including phenoxy) is 3. The van der Waals surface area contributed by atoms with Crippen LogP contribution in [0.2, 0.25) is 0 Å². The van der Waals surface area contributed by atoms with Gasteiger partial charge in [0.25, 0.3) is 0 Å². The van der Waals surface area contributed by atoms with Crippen LogP contribution in [0, 0.1) is 0 Å². The summed E-state index contributed by atoms with van der Waals surface area (Å²) in [5, 5.41) is 16.6. The van der Waals surface area contributed by atoms with E-state index in [0.717, 1.165) is 0 Å². The zero-order valence-corrected chi connectivity index (χ0v) is 9.45. The number of carbonyl (C=O) groups excluding carboxylic acids is 2. The van der Waals surface area contributed by atoms with Crippen LogP contribution in [0.25, 0.3) is 0 Å². The lowest BCUT2D eigenvalue weighted by atomic mass is 10.4. The summed E-state index contributed by atoms with van der Waals surface area (Å²) < 4.78 is 13.4. The van der Waals surface area contributed by atoms with Gasteiger partial charge >= 0.3 is 30.4 Å². The standard InChI is InChI=1S/C9H12O9/c1-2-16-9(17-7(14)3-5(10)11)18-8(15)4-6(12)13/h9H,2-4H2,1H3,(H,10,11)(H,12,13). The smallest absolute Gasteiger partial charge is 0.365 e. The lowest BCUT2D eigenvalue weighted by Gasteiger charge is -2.16. The molecule has 18 heavy (non-hydrogen) atoms. The Labute approximate surface area is 101 Å². The van der Waals surface area contributed by atoms with Crippen LogP contribution >= 0.6 is 0 Å². The van der Waals surface area contributed by atoms with Gasteiger partial charge in [-0.25, -0.2) is 0 Å². The fraction of sp³-hybridized carbons (Fsp3) is 0.556. The minimum Gasteiger partial charge on any atom is -0.481 e. The van der Waals surface area contributed by atoms with Gasteiger partial charge in [0.2, 0.25) is 0 Å². The second-order valence-corrected chi connectivity index (χ2v) is 2.86. The van der Waals surface area contributed by atoms with Crippen molar-refractivity contribution in [2.45, 2.75) is 26.2 Å². The maximum Gasteiger partial charge on any atom is 0.365 e. The number of hydrogen-bond donors (Lipinski definition) is 2. The molecule has 2 N–H and O–H groups in total. The number of hydrogen-bond acceptors (Lipinski definition) is 7. The Hall–Kier alpha value is -2.16. The summed E-state index contributed by atoms with van der Waals surface area (Å²) in [6, 6.07) is 0. The molecule has 0 aliphatic carbocycles. The van der Waals surface area contributed by atoms with Crippen LogP contribution in [0.1, 0.15) is 19.8 Å². The monoisotopic (exact) mass is 264 g/mol. The molecule has 0 spiro atoms. The van der Waals surface area contributed by atoms with Crippen molar-refractivity contribution in [2.24, 2.45) is 0 Å². The third kappa shape index (κ3) is 8.05. The number of aliphatic carboxylic acids is 2. The van der Waals surface area contributed by atoms with Crippen molar-refractivity contribution < 1.29 is 43.6 Å². The summed E-state index contributed by atoms with van der Waals surface area (Å²) in [5.41, 5.74) is 0. The van der Waals surface area contributed by atoms with Gasteiger partial charge in [-0.05, 0) is 6.92 Å². The summed E-state index contributed by atoms with van der Waals surface area (Å²) >= 11 is 0. The molecule has 0 fully saturated rings. The molecule has 0 aromatic carbocycles. The topological polar surface area (TPSA) is 136 Å². The Balaban J connectivity index is 4.29. The Kier molecular flexibility index (Phi) is 7.05. The molecule has 0 unspecified atom stereocenters. The Bertz CT molecular complexity index is 305. The highest BCUT2D eigenvalue weighted by atomic mass is 16.9. The van der Waals surface area contributed by atoms with Crippen LogP contribution in [0.3, 0.4) is 0 Å². The predicted octanol–water partition coefficient (Wildman–Crippen LogP) is -0.658. The molecule has 9 nitrogen and oxygen atoms in total. The molecule has 102 valence electrons. The van der Waals surface area contributed by atoms with Gasteiger partial charge in [-0.1, -0.05) is 0 Å². The SMILES string of the molecule is CCOC(OC(=O)CC(=O)O)OC(=O)CC(=O)O. The number of carboxylic acid groups (broad SMARTS) is 2. The second-order valence-electron chi connectivity index (χ2n) is 2.86. The lowest BCUT2D eigenvalue weighted by Crippen LogP contribution is -2.29. The van der Waals surface area contributed by atoms with Gasteiger partial charge in [0.1, 0.15) is 12.8 Å². The van der Waals surface area contributed by atoms with Crippen molar-refractivity contribution in [3.63, 3.8) is 0 Å². The van der Waals surface area contributed by atoms with E-state index in [1.165, 1.54) is 6.92 Å². The van der Waals surface area contributed by atoms with E-state index in [4.69, 9.17) is 10.2 Å². The Morgan fingerprint density at radius 3 is 1.61 bits per heavy atom. The van der Waals surface area contributed by atoms with Crippen LogP contribution in [0.15, 0.2) is 0 Å². The van der Waals surface area contributed by atoms with Gasteiger partial charge in [-0.15, -0.1) is 0 Å². The summed E-state index contributed by atoms with van der Waals surface area (Å²) in [6.07, 6.45) is -1.86. The number of rotatable bonds is 8. The van der Waals surface area contributed by atoms with Crippen molar-refractivity contribution in [3.8, 4) is 0 Å². The second kappa shape index (κ2) is 8.01. The van der Waals surface area contributed by atoms with Crippen molar-refractivity contribution >= 4 is 23.9 Å². The molecule has 0 rings (SSSR count). The molecular weight excluding hydrogens is 252 g/mol. The molecule has 0 aromatic heterocycles. The fourth-order valence-corrected chi connectivity index (χ4v) is 0.773. The fourth-order valence-electron chi connectivity index (χ4n) is 0.773. The molecule has 9 heteroatoms. The average molecular weight is 264 g/mol. The number of esters is 2. The molecule has 0 aromatic rings. The van der Waals surface area contributed by atoms with E-state index in [2.05, 4.69) is 14.2 Å². The molecular formula is C9H12O9. The van der Waals surface area contributed by atoms with Crippen LogP contribution < -0.4 is 0 Å². The van der Waals surface area contributed by atoms with Crippen LogP contribution in [0.4, 0.5) is 0 Å². The molecule has 0 saturated heterocycles. The van der Waals surface area contributed by atoms with Gasteiger partial charge in [-0.3, -0.25) is 19.2 Å². The minimum absolute atomic E-state index is 0.00533. The first-order valence-corrected chi connectivity index (χ1v) is 4.79. The number of carbonyl (C=O) groups is 4. The summed E-state index contributed by atoms with van der Waals surface area (Å²) in [4.78, 5) is 42.3. The van der Waals surface area contributed by atoms with E-state index < -0.39 is 43.2 Å². The first kappa shape index (κ1) is 15.8. The molecule has 0 atom stereocenters. The summed E-state index contributed by atoms with van der Waals surface area (Å²) in [6.45, 7) is -0.247. The van der Waals surface area contributed by atoms with E-state index in [-0.39, 0.29) is 6.61 Å². The quantitative estimate of drug-likeness (QED) is 0.332. The highest BCUT2D eigenvalue weighted by Crippen LogP contribution is 2.02. The highest BCUT2D eigenvalue weighted by molar-refractivity contribution is 5.91. The molecule has 0 heterocycles. The van der Waals surface area contributed by atoms with Crippen LogP contribution in [-0.4, -0.2) is 47.2 Å². The molecule has 0 amide bonds. The van der Waals surface area contributed by atoms with E-state index in [9.17, 15) is 19.2 Å². The van der Waals surface area contributed by atoms with E-state index in [0.29, 0.717) is 0 Å². The zero-order chi connectivity index (χ0) is 14.1. The highest BCUT2D eigenvalue weighted by Gasteiger charge is 2.22. The van der Waals surface area contributed by atoms with Crippen LogP contribution in [-0.2, 0) is 33.4 Å². The Morgan fingerprint density at radius 1 is 0.944 bits per heavy atom. The third-order valence-electron chi connectivity index (χ3n) is 1.35. The van der Waals surface area contributed by atoms with E-state index >= 15 is 0 Å². The van der Waals surface area contributed by atoms with E-state index in [1.807, 2.05) is 0 Å². The first-order chi connectivity index (χ1) is 8.35. The van der Waals surface area contributed by atoms with Crippen LogP contribution in [0.5, 0.6) is 0 Å². The van der Waals surface area contributed by atoms with Gasteiger partial charge in [0.05, 0.1) is 6.61 Å². The maximum absolute atomic E-state index is 11.0. The third-order valence-corrected chi connectivity index (χ3v) is 1.35. The van der Waals surface area contributed by atoms with Crippen molar-refractivity contribution in [1.82, 2.24) is 0 Å². The minimum atomic E-state index is -1.76. The predicted molar refractivity (Wildman–Crippen MR) is 52.1 cm³/mol. The number of carboxylic acids is 2. The van der Waals surface area contributed by atoms with Crippen molar-refractivity contribution in [2.75, 3.05) is 6.61 Å². The Morgan fingerprint density at radius 2 is 1.33 bits per heavy atom. The molecule has 0 bridgehead atoms.